The molecule has 0 aliphatic carbocycles. The first-order valence-electron chi connectivity index (χ1n) is 7.55. The molecule has 22 heavy (non-hydrogen) atoms. The first-order chi connectivity index (χ1) is 10.8. The minimum absolute atomic E-state index is 0.147. The fourth-order valence-corrected chi connectivity index (χ4v) is 2.35. The largest absolute Gasteiger partial charge is 0.494 e. The van der Waals surface area contributed by atoms with Crippen molar-refractivity contribution in [2.24, 2.45) is 0 Å². The van der Waals surface area contributed by atoms with Gasteiger partial charge in [0.1, 0.15) is 23.5 Å². The monoisotopic (exact) mass is 296 g/mol. The Morgan fingerprint density at radius 3 is 2.77 bits per heavy atom. The van der Waals surface area contributed by atoms with Gasteiger partial charge in [0, 0.05) is 12.2 Å². The number of ether oxygens (including phenoxy) is 1. The zero-order valence-electron chi connectivity index (χ0n) is 12.8. The van der Waals surface area contributed by atoms with E-state index in [4.69, 9.17) is 4.74 Å². The average molecular weight is 296 g/mol. The summed E-state index contributed by atoms with van der Waals surface area (Å²) in [6.45, 7) is 4.96. The molecule has 2 N–H and O–H groups in total. The molecule has 0 saturated heterocycles. The van der Waals surface area contributed by atoms with Crippen molar-refractivity contribution in [3.63, 3.8) is 0 Å². The third-order valence-electron chi connectivity index (χ3n) is 3.56. The molecule has 2 aromatic heterocycles. The Kier molecular flexibility index (Phi) is 4.23. The van der Waals surface area contributed by atoms with Gasteiger partial charge in [-0.2, -0.15) is 0 Å². The van der Waals surface area contributed by atoms with Crippen molar-refractivity contribution >= 4 is 16.9 Å². The maximum absolute atomic E-state index is 5.61. The summed E-state index contributed by atoms with van der Waals surface area (Å²) in [6.07, 6.45) is 4.45. The smallest absolute Gasteiger partial charge is 0.142 e. The van der Waals surface area contributed by atoms with E-state index in [0.717, 1.165) is 35.6 Å². The van der Waals surface area contributed by atoms with Crippen molar-refractivity contribution in [1.82, 2.24) is 15.0 Å². The second-order valence-electron chi connectivity index (χ2n) is 5.25. The van der Waals surface area contributed by atoms with Crippen molar-refractivity contribution in [3.05, 3.63) is 48.4 Å². The minimum Gasteiger partial charge on any atom is -0.494 e. The van der Waals surface area contributed by atoms with E-state index in [1.54, 1.807) is 6.33 Å². The van der Waals surface area contributed by atoms with Gasteiger partial charge in [0.2, 0.25) is 0 Å². The number of rotatable bonds is 6. The molecule has 114 valence electrons. The van der Waals surface area contributed by atoms with Gasteiger partial charge in [-0.15, -0.1) is 0 Å². The molecule has 5 nitrogen and oxygen atoms in total. The number of hydrogen-bond donors (Lipinski definition) is 2. The van der Waals surface area contributed by atoms with Gasteiger partial charge in [-0.1, -0.05) is 19.1 Å². The fourth-order valence-electron chi connectivity index (χ4n) is 2.35. The standard InChI is InChI=1S/C17H20N4O/c1-3-10-22-14-6-4-13(5-7-14)12(2)21-17-15-8-9-18-16(15)19-11-20-17/h4-9,11-12H,3,10H2,1-2H3,(H2,18,19,20,21). The van der Waals surface area contributed by atoms with Crippen LogP contribution in [-0.2, 0) is 0 Å². The van der Waals surface area contributed by atoms with Gasteiger partial charge in [-0.05, 0) is 37.1 Å². The number of nitrogens with one attached hydrogen (secondary N) is 2. The van der Waals surface area contributed by atoms with Crippen LogP contribution in [0.5, 0.6) is 5.75 Å². The van der Waals surface area contributed by atoms with Crippen molar-refractivity contribution in [3.8, 4) is 5.75 Å². The molecule has 0 aliphatic rings. The zero-order chi connectivity index (χ0) is 15.4. The predicted molar refractivity (Wildman–Crippen MR) is 88.2 cm³/mol. The summed E-state index contributed by atoms with van der Waals surface area (Å²) >= 11 is 0. The number of fused-ring (bicyclic) bond motifs is 1. The SMILES string of the molecule is CCCOc1ccc(C(C)Nc2ncnc3[nH]ccc23)cc1. The topological polar surface area (TPSA) is 62.8 Å². The average Bonchev–Trinajstić information content (AvgIpc) is 3.03. The van der Waals surface area contributed by atoms with E-state index in [2.05, 4.69) is 46.2 Å². The van der Waals surface area contributed by atoms with Crippen LogP contribution in [0.1, 0.15) is 31.9 Å². The van der Waals surface area contributed by atoms with E-state index in [1.165, 1.54) is 5.56 Å². The summed E-state index contributed by atoms with van der Waals surface area (Å²) in [4.78, 5) is 11.6. The fraction of sp³-hybridized carbons (Fsp3) is 0.294. The number of H-pyrrole nitrogens is 1. The lowest BCUT2D eigenvalue weighted by Gasteiger charge is -2.16. The molecule has 1 atom stereocenters. The molecule has 3 aromatic rings. The Bertz CT molecular complexity index is 736. The maximum Gasteiger partial charge on any atom is 0.142 e. The van der Waals surface area contributed by atoms with Gasteiger partial charge in [0.15, 0.2) is 0 Å². The van der Waals surface area contributed by atoms with Gasteiger partial charge in [0.25, 0.3) is 0 Å². The third-order valence-corrected chi connectivity index (χ3v) is 3.56. The minimum atomic E-state index is 0.147. The third kappa shape index (κ3) is 3.03. The van der Waals surface area contributed by atoms with E-state index in [0.29, 0.717) is 0 Å². The Morgan fingerprint density at radius 2 is 2.00 bits per heavy atom. The molecule has 1 unspecified atom stereocenters. The number of aromatic amines is 1. The van der Waals surface area contributed by atoms with E-state index >= 15 is 0 Å². The highest BCUT2D eigenvalue weighted by Crippen LogP contribution is 2.24. The van der Waals surface area contributed by atoms with Crippen molar-refractivity contribution < 1.29 is 4.74 Å². The van der Waals surface area contributed by atoms with E-state index < -0.39 is 0 Å². The lowest BCUT2D eigenvalue weighted by molar-refractivity contribution is 0.317. The summed E-state index contributed by atoms with van der Waals surface area (Å²) in [5, 5.41) is 4.44. The van der Waals surface area contributed by atoms with Gasteiger partial charge < -0.3 is 15.0 Å². The molecular weight excluding hydrogens is 276 g/mol. The zero-order valence-corrected chi connectivity index (χ0v) is 12.8. The van der Waals surface area contributed by atoms with Crippen molar-refractivity contribution in [2.45, 2.75) is 26.3 Å². The normalized spacial score (nSPS) is 12.3. The summed E-state index contributed by atoms with van der Waals surface area (Å²) in [5.74, 6) is 1.75. The predicted octanol–water partition coefficient (Wildman–Crippen LogP) is 3.92. The molecule has 3 rings (SSSR count). The lowest BCUT2D eigenvalue weighted by atomic mass is 10.1. The van der Waals surface area contributed by atoms with E-state index in [1.807, 2.05) is 24.4 Å². The number of benzene rings is 1. The Labute approximate surface area is 129 Å². The van der Waals surface area contributed by atoms with Crippen LogP contribution in [0.4, 0.5) is 5.82 Å². The first-order valence-corrected chi connectivity index (χ1v) is 7.55. The molecule has 0 fully saturated rings. The Hall–Kier alpha value is -2.56. The molecular formula is C17H20N4O. The van der Waals surface area contributed by atoms with Gasteiger partial charge in [-0.25, -0.2) is 9.97 Å². The molecule has 0 bridgehead atoms. The van der Waals surface area contributed by atoms with Gasteiger partial charge >= 0.3 is 0 Å². The van der Waals surface area contributed by atoms with Crippen LogP contribution in [-0.4, -0.2) is 21.6 Å². The number of aromatic nitrogens is 3. The van der Waals surface area contributed by atoms with E-state index in [-0.39, 0.29) is 6.04 Å². The highest BCUT2D eigenvalue weighted by molar-refractivity contribution is 5.86. The summed E-state index contributed by atoms with van der Waals surface area (Å²) in [5.41, 5.74) is 2.03. The number of nitrogens with zero attached hydrogens (tertiary/aromatic N) is 2. The molecule has 0 aliphatic heterocycles. The van der Waals surface area contributed by atoms with Crippen LogP contribution >= 0.6 is 0 Å². The van der Waals surface area contributed by atoms with Crippen molar-refractivity contribution in [2.75, 3.05) is 11.9 Å². The Morgan fingerprint density at radius 1 is 1.18 bits per heavy atom. The van der Waals surface area contributed by atoms with Crippen LogP contribution in [0.15, 0.2) is 42.9 Å². The summed E-state index contributed by atoms with van der Waals surface area (Å²) in [6, 6.07) is 10.3. The van der Waals surface area contributed by atoms with Crippen LogP contribution < -0.4 is 10.1 Å². The van der Waals surface area contributed by atoms with Gasteiger partial charge in [0.05, 0.1) is 12.0 Å². The molecule has 1 aromatic carbocycles. The molecule has 5 heteroatoms. The van der Waals surface area contributed by atoms with Crippen LogP contribution in [0.3, 0.4) is 0 Å². The summed E-state index contributed by atoms with van der Waals surface area (Å²) < 4.78 is 5.61. The second kappa shape index (κ2) is 6.47. The van der Waals surface area contributed by atoms with Crippen molar-refractivity contribution in [1.29, 1.82) is 0 Å². The van der Waals surface area contributed by atoms with Crippen LogP contribution in [0.2, 0.25) is 0 Å². The maximum atomic E-state index is 5.61. The molecule has 0 spiro atoms. The molecule has 2 heterocycles. The van der Waals surface area contributed by atoms with E-state index in [9.17, 15) is 0 Å². The Balaban J connectivity index is 1.74. The van der Waals surface area contributed by atoms with Gasteiger partial charge in [-0.3, -0.25) is 0 Å². The second-order valence-corrected chi connectivity index (χ2v) is 5.25. The van der Waals surface area contributed by atoms with Crippen LogP contribution in [0, 0.1) is 0 Å². The highest BCUT2D eigenvalue weighted by Gasteiger charge is 2.10. The number of hydrogen-bond acceptors (Lipinski definition) is 4. The lowest BCUT2D eigenvalue weighted by Crippen LogP contribution is -2.08. The summed E-state index contributed by atoms with van der Waals surface area (Å²) in [7, 11) is 0. The quantitative estimate of drug-likeness (QED) is 0.723. The molecule has 0 radical (unpaired) electrons. The first kappa shape index (κ1) is 14.4. The molecule has 0 saturated carbocycles. The molecule has 0 amide bonds. The van der Waals surface area contributed by atoms with Crippen LogP contribution in [0.25, 0.3) is 11.0 Å². The number of anilines is 1. The highest BCUT2D eigenvalue weighted by atomic mass is 16.5.